The van der Waals surface area contributed by atoms with Gasteiger partial charge in [0.15, 0.2) is 5.82 Å². The van der Waals surface area contributed by atoms with Crippen molar-refractivity contribution in [1.82, 2.24) is 24.3 Å². The van der Waals surface area contributed by atoms with Gasteiger partial charge in [0.1, 0.15) is 11.3 Å². The molecule has 4 heterocycles. The van der Waals surface area contributed by atoms with Crippen molar-refractivity contribution < 1.29 is 0 Å². The van der Waals surface area contributed by atoms with Crippen LogP contribution in [0, 0.1) is 0 Å². The van der Waals surface area contributed by atoms with E-state index in [4.69, 9.17) is 19.9 Å². The van der Waals surface area contributed by atoms with Gasteiger partial charge in [0.25, 0.3) is 0 Å². The summed E-state index contributed by atoms with van der Waals surface area (Å²) in [5.74, 6) is 0.691. The number of rotatable bonds is 6. The highest BCUT2D eigenvalue weighted by Crippen LogP contribution is 2.35. The Labute approximate surface area is 283 Å². The molecule has 0 aliphatic heterocycles. The summed E-state index contributed by atoms with van der Waals surface area (Å²) in [7, 11) is 0. The molecule has 4 aromatic heterocycles. The summed E-state index contributed by atoms with van der Waals surface area (Å²) >= 11 is 0. The van der Waals surface area contributed by atoms with Gasteiger partial charge < -0.3 is 0 Å². The zero-order valence-electron chi connectivity index (χ0n) is 26.5. The number of aromatic nitrogens is 5. The largest absolute Gasteiger partial charge is 0.299 e. The zero-order chi connectivity index (χ0) is 32.6. The van der Waals surface area contributed by atoms with Gasteiger partial charge in [0, 0.05) is 33.8 Å². The highest BCUT2D eigenvalue weighted by Gasteiger charge is 2.18. The SMILES string of the molecule is c1ccc(-c2ccc(-c3cc(-c4ccc(-c5c(-c6ccc7ccccc7n6)nc6ccccn56)cc4)nc(-c4ccccc4)n3)cc2)cc1. The molecule has 0 fully saturated rings. The number of hydrogen-bond acceptors (Lipinski definition) is 4. The van der Waals surface area contributed by atoms with E-state index < -0.39 is 0 Å². The standard InChI is InChI=1S/C44H29N5/c1-3-11-30(12-4-1)31-18-20-33(21-19-31)39-29-40(47-44(46-39)36-14-5-2-6-15-36)34-22-24-35(25-23-34)43-42(48-41-17-9-10-28-49(41)43)38-27-26-32-13-7-8-16-37(32)45-38/h1-29H. The average Bonchev–Trinajstić information content (AvgIpc) is 3.58. The van der Waals surface area contributed by atoms with E-state index in [1.807, 2.05) is 60.7 Å². The molecule has 230 valence electrons. The fourth-order valence-corrected chi connectivity index (χ4v) is 6.37. The summed E-state index contributed by atoms with van der Waals surface area (Å²) in [6.07, 6.45) is 2.06. The fourth-order valence-electron chi connectivity index (χ4n) is 6.37. The Morgan fingerprint density at radius 2 is 0.939 bits per heavy atom. The van der Waals surface area contributed by atoms with Gasteiger partial charge in [-0.05, 0) is 41.5 Å². The molecule has 0 spiro atoms. The van der Waals surface area contributed by atoms with Gasteiger partial charge in [0.05, 0.1) is 28.3 Å². The van der Waals surface area contributed by atoms with E-state index in [1.165, 1.54) is 11.1 Å². The van der Waals surface area contributed by atoms with Crippen LogP contribution in [0.15, 0.2) is 176 Å². The molecule has 0 unspecified atom stereocenters. The molecule has 0 saturated carbocycles. The zero-order valence-corrected chi connectivity index (χ0v) is 26.5. The molecule has 5 nitrogen and oxygen atoms in total. The van der Waals surface area contributed by atoms with Crippen LogP contribution in [-0.4, -0.2) is 24.3 Å². The second-order valence-electron chi connectivity index (χ2n) is 12.0. The number of pyridine rings is 2. The minimum Gasteiger partial charge on any atom is -0.299 e. The topological polar surface area (TPSA) is 56.0 Å². The van der Waals surface area contributed by atoms with Crippen molar-refractivity contribution in [1.29, 1.82) is 0 Å². The molecule has 9 aromatic rings. The summed E-state index contributed by atoms with van der Waals surface area (Å²) in [6, 6.07) is 58.2. The Kier molecular flexibility index (Phi) is 7.06. The van der Waals surface area contributed by atoms with Crippen LogP contribution in [0.25, 0.3) is 84.2 Å². The number of hydrogen-bond donors (Lipinski definition) is 0. The Bertz CT molecular complexity index is 2570. The number of imidazole rings is 1. The maximum absolute atomic E-state index is 5.06. The summed E-state index contributed by atoms with van der Waals surface area (Å²) in [5, 5.41) is 1.10. The number of nitrogens with zero attached hydrogens (tertiary/aromatic N) is 5. The number of para-hydroxylation sites is 1. The Hall–Kier alpha value is -6.72. The number of benzene rings is 5. The van der Waals surface area contributed by atoms with Crippen molar-refractivity contribution in [2.75, 3.05) is 0 Å². The van der Waals surface area contributed by atoms with Crippen LogP contribution >= 0.6 is 0 Å². The lowest BCUT2D eigenvalue weighted by Crippen LogP contribution is -1.96. The monoisotopic (exact) mass is 627 g/mol. The van der Waals surface area contributed by atoms with E-state index in [-0.39, 0.29) is 0 Å². The molecule has 0 aliphatic rings. The third-order valence-electron chi connectivity index (χ3n) is 8.87. The van der Waals surface area contributed by atoms with Gasteiger partial charge in [-0.1, -0.05) is 140 Å². The molecule has 9 rings (SSSR count). The molecule has 0 amide bonds. The van der Waals surface area contributed by atoms with Crippen LogP contribution in [0.1, 0.15) is 0 Å². The predicted octanol–water partition coefficient (Wildman–Crippen LogP) is 10.7. The van der Waals surface area contributed by atoms with Crippen LogP contribution in [0.3, 0.4) is 0 Å². The van der Waals surface area contributed by atoms with Crippen LogP contribution < -0.4 is 0 Å². The molecule has 0 bridgehead atoms. The van der Waals surface area contributed by atoms with Crippen molar-refractivity contribution in [3.05, 3.63) is 176 Å². The maximum atomic E-state index is 5.06. The van der Waals surface area contributed by atoms with Crippen LogP contribution in [-0.2, 0) is 0 Å². The second kappa shape index (κ2) is 12.1. The van der Waals surface area contributed by atoms with E-state index in [2.05, 4.69) is 120 Å². The molecule has 5 aromatic carbocycles. The highest BCUT2D eigenvalue weighted by atomic mass is 15.0. The van der Waals surface area contributed by atoms with Crippen molar-refractivity contribution in [2.45, 2.75) is 0 Å². The van der Waals surface area contributed by atoms with Crippen molar-refractivity contribution in [2.24, 2.45) is 0 Å². The minimum absolute atomic E-state index is 0.691. The summed E-state index contributed by atoms with van der Waals surface area (Å²) < 4.78 is 2.14. The minimum atomic E-state index is 0.691. The van der Waals surface area contributed by atoms with Gasteiger partial charge in [-0.2, -0.15) is 0 Å². The lowest BCUT2D eigenvalue weighted by atomic mass is 10.0. The fraction of sp³-hybridized carbons (Fsp3) is 0. The molecule has 0 aliphatic carbocycles. The smallest absolute Gasteiger partial charge is 0.160 e. The molecule has 0 saturated heterocycles. The highest BCUT2D eigenvalue weighted by molar-refractivity contribution is 5.86. The van der Waals surface area contributed by atoms with Gasteiger partial charge in [0.2, 0.25) is 0 Å². The maximum Gasteiger partial charge on any atom is 0.160 e. The first-order valence-electron chi connectivity index (χ1n) is 16.3. The van der Waals surface area contributed by atoms with Gasteiger partial charge in [-0.15, -0.1) is 0 Å². The van der Waals surface area contributed by atoms with Crippen LogP contribution in [0.4, 0.5) is 0 Å². The lowest BCUT2D eigenvalue weighted by Gasteiger charge is -2.11. The molecular weight excluding hydrogens is 599 g/mol. The van der Waals surface area contributed by atoms with Crippen LogP contribution in [0.2, 0.25) is 0 Å². The molecule has 49 heavy (non-hydrogen) atoms. The normalized spacial score (nSPS) is 11.3. The van der Waals surface area contributed by atoms with Gasteiger partial charge >= 0.3 is 0 Å². The van der Waals surface area contributed by atoms with E-state index in [0.29, 0.717) is 5.82 Å². The predicted molar refractivity (Wildman–Crippen MR) is 199 cm³/mol. The lowest BCUT2D eigenvalue weighted by molar-refractivity contribution is 1.18. The van der Waals surface area contributed by atoms with Gasteiger partial charge in [-0.3, -0.25) is 4.40 Å². The van der Waals surface area contributed by atoms with E-state index in [9.17, 15) is 0 Å². The Morgan fingerprint density at radius 1 is 0.367 bits per heavy atom. The quantitative estimate of drug-likeness (QED) is 0.184. The van der Waals surface area contributed by atoms with E-state index in [0.717, 1.165) is 67.3 Å². The third kappa shape index (κ3) is 5.43. The average molecular weight is 628 g/mol. The Morgan fingerprint density at radius 3 is 1.65 bits per heavy atom. The third-order valence-corrected chi connectivity index (χ3v) is 8.87. The summed E-state index contributed by atoms with van der Waals surface area (Å²) in [4.78, 5) is 20.1. The van der Waals surface area contributed by atoms with Crippen molar-refractivity contribution >= 4 is 16.6 Å². The molecule has 0 radical (unpaired) electrons. The molecule has 0 N–H and O–H groups in total. The second-order valence-corrected chi connectivity index (χ2v) is 12.0. The van der Waals surface area contributed by atoms with E-state index in [1.54, 1.807) is 0 Å². The summed E-state index contributed by atoms with van der Waals surface area (Å²) in [5.41, 5.74) is 12.7. The van der Waals surface area contributed by atoms with Gasteiger partial charge in [-0.25, -0.2) is 19.9 Å². The first-order chi connectivity index (χ1) is 24.3. The van der Waals surface area contributed by atoms with Crippen molar-refractivity contribution in [3.63, 3.8) is 0 Å². The molecular formula is C44H29N5. The van der Waals surface area contributed by atoms with Crippen molar-refractivity contribution in [3.8, 4) is 67.7 Å². The Balaban J connectivity index is 1.13. The van der Waals surface area contributed by atoms with E-state index >= 15 is 0 Å². The number of fused-ring (bicyclic) bond motifs is 2. The first kappa shape index (κ1) is 28.5. The summed E-state index contributed by atoms with van der Waals surface area (Å²) in [6.45, 7) is 0. The van der Waals surface area contributed by atoms with Crippen LogP contribution in [0.5, 0.6) is 0 Å². The molecule has 5 heteroatoms. The molecule has 0 atom stereocenters. The first-order valence-corrected chi connectivity index (χ1v) is 16.3.